The number of allylic oxidation sites excluding steroid dienone is 3. The van der Waals surface area contributed by atoms with Crippen LogP contribution in [-0.2, 0) is 9.53 Å². The lowest BCUT2D eigenvalue weighted by atomic mass is 9.68. The highest BCUT2D eigenvalue weighted by molar-refractivity contribution is 5.75. The number of rotatable bonds is 3. The normalized spacial score (nSPS) is 32.7. The Bertz CT molecular complexity index is 660. The summed E-state index contributed by atoms with van der Waals surface area (Å²) in [4.78, 5) is 12.2. The van der Waals surface area contributed by atoms with Crippen molar-refractivity contribution in [2.24, 2.45) is 28.6 Å². The van der Waals surface area contributed by atoms with Crippen molar-refractivity contribution in [3.63, 3.8) is 0 Å². The average Bonchev–Trinajstić information content (AvgIpc) is 3.09. The Labute approximate surface area is 166 Å². The second-order valence-electron chi connectivity index (χ2n) is 11.0. The van der Waals surface area contributed by atoms with E-state index in [1.165, 1.54) is 44.9 Å². The average molecular weight is 373 g/mol. The summed E-state index contributed by atoms with van der Waals surface area (Å²) < 4.78 is 5.67. The van der Waals surface area contributed by atoms with Crippen LogP contribution in [0.3, 0.4) is 0 Å². The Morgan fingerprint density at radius 2 is 1.93 bits per heavy atom. The van der Waals surface area contributed by atoms with E-state index < -0.39 is 5.41 Å². The van der Waals surface area contributed by atoms with Gasteiger partial charge in [0.2, 0.25) is 0 Å². The van der Waals surface area contributed by atoms with Crippen molar-refractivity contribution in [3.8, 4) is 0 Å². The molecular formula is C25H40O2. The van der Waals surface area contributed by atoms with Gasteiger partial charge in [0, 0.05) is 5.92 Å². The topological polar surface area (TPSA) is 26.3 Å². The summed E-state index contributed by atoms with van der Waals surface area (Å²) in [6.07, 6.45) is 8.96. The number of carbonyl (C=O) groups is 1. The molecule has 4 atom stereocenters. The number of esters is 1. The van der Waals surface area contributed by atoms with Crippen LogP contribution in [0, 0.1) is 28.6 Å². The maximum absolute atomic E-state index is 12.2. The van der Waals surface area contributed by atoms with Crippen LogP contribution in [-0.4, -0.2) is 12.6 Å². The first kappa shape index (κ1) is 20.7. The van der Waals surface area contributed by atoms with Gasteiger partial charge in [-0.15, -0.1) is 0 Å². The first-order chi connectivity index (χ1) is 12.5. The Morgan fingerprint density at radius 1 is 1.22 bits per heavy atom. The minimum atomic E-state index is -0.418. The van der Waals surface area contributed by atoms with E-state index in [2.05, 4.69) is 27.7 Å². The van der Waals surface area contributed by atoms with E-state index in [0.29, 0.717) is 17.9 Å². The Balaban J connectivity index is 1.81. The third kappa shape index (κ3) is 4.05. The third-order valence-electron chi connectivity index (χ3n) is 7.68. The quantitative estimate of drug-likeness (QED) is 0.400. The summed E-state index contributed by atoms with van der Waals surface area (Å²) in [5.74, 6) is 1.89. The van der Waals surface area contributed by atoms with Crippen LogP contribution in [0.5, 0.6) is 0 Å². The van der Waals surface area contributed by atoms with E-state index in [-0.39, 0.29) is 5.97 Å². The summed E-state index contributed by atoms with van der Waals surface area (Å²) in [7, 11) is 0. The number of hydrogen-bond donors (Lipinski definition) is 0. The lowest BCUT2D eigenvalue weighted by molar-refractivity contribution is -0.153. The Kier molecular flexibility index (Phi) is 5.67. The van der Waals surface area contributed by atoms with Gasteiger partial charge in [-0.3, -0.25) is 4.79 Å². The van der Waals surface area contributed by atoms with Crippen molar-refractivity contribution in [3.05, 3.63) is 22.3 Å². The Hall–Kier alpha value is -1.05. The standard InChI is InChI=1S/C25H40O2/c1-16-9-11-22-20(18(3)15-27-23(26)24(4,5)6)12-13-25(22,7)14-21-17(2)8-10-19(16)21/h16,18-19H,8-15H2,1-7H3/t16-,18+,19-,25+/m0/s1. The zero-order valence-corrected chi connectivity index (χ0v) is 18.7. The molecule has 2 heteroatoms. The molecule has 0 unspecified atom stereocenters. The highest BCUT2D eigenvalue weighted by atomic mass is 16.5. The third-order valence-corrected chi connectivity index (χ3v) is 7.68. The number of fused-ring (bicyclic) bond motifs is 2. The molecule has 3 aliphatic rings. The number of carbonyl (C=O) groups excluding carboxylic acids is 1. The molecular weight excluding hydrogens is 332 g/mol. The summed E-state index contributed by atoms with van der Waals surface area (Å²) in [5.41, 5.74) is 6.68. The van der Waals surface area contributed by atoms with Crippen LogP contribution in [0.15, 0.2) is 22.3 Å². The molecule has 3 aliphatic carbocycles. The lowest BCUT2D eigenvalue weighted by Gasteiger charge is -2.37. The van der Waals surface area contributed by atoms with Gasteiger partial charge in [0.25, 0.3) is 0 Å². The summed E-state index contributed by atoms with van der Waals surface area (Å²) in [6, 6.07) is 0. The molecule has 0 aliphatic heterocycles. The second kappa shape index (κ2) is 7.41. The molecule has 1 saturated carbocycles. The first-order valence-electron chi connectivity index (χ1n) is 11.1. The van der Waals surface area contributed by atoms with E-state index in [4.69, 9.17) is 4.74 Å². The maximum atomic E-state index is 12.2. The molecule has 1 fully saturated rings. The summed E-state index contributed by atoms with van der Waals surface area (Å²) >= 11 is 0. The van der Waals surface area contributed by atoms with Crippen molar-refractivity contribution in [1.82, 2.24) is 0 Å². The molecule has 152 valence electrons. The molecule has 0 radical (unpaired) electrons. The van der Waals surface area contributed by atoms with Crippen LogP contribution in [0.25, 0.3) is 0 Å². The van der Waals surface area contributed by atoms with Crippen LogP contribution >= 0.6 is 0 Å². The van der Waals surface area contributed by atoms with Gasteiger partial charge in [-0.25, -0.2) is 0 Å². The van der Waals surface area contributed by atoms with E-state index >= 15 is 0 Å². The molecule has 0 amide bonds. The molecule has 0 aromatic heterocycles. The minimum absolute atomic E-state index is 0.0819. The SMILES string of the molecule is CC1=C2C[C@@]3(C)CCC([C@H](C)COC(=O)C(C)(C)C)=C3CC[C@H](C)[C@@H]2CC1. The lowest BCUT2D eigenvalue weighted by Crippen LogP contribution is -2.26. The fourth-order valence-corrected chi connectivity index (χ4v) is 5.75. The predicted molar refractivity (Wildman–Crippen MR) is 112 cm³/mol. The summed E-state index contributed by atoms with van der Waals surface area (Å²) in [5, 5.41) is 0. The van der Waals surface area contributed by atoms with Crippen molar-refractivity contribution in [2.45, 2.75) is 93.4 Å². The molecule has 2 nitrogen and oxygen atoms in total. The van der Waals surface area contributed by atoms with Crippen LogP contribution in [0.2, 0.25) is 0 Å². The van der Waals surface area contributed by atoms with E-state index in [9.17, 15) is 4.79 Å². The van der Waals surface area contributed by atoms with E-state index in [1.807, 2.05) is 20.8 Å². The molecule has 3 rings (SSSR count). The van der Waals surface area contributed by atoms with Gasteiger partial charge in [0.1, 0.15) is 0 Å². The van der Waals surface area contributed by atoms with E-state index in [0.717, 1.165) is 11.8 Å². The highest BCUT2D eigenvalue weighted by Crippen LogP contribution is 2.56. The zero-order valence-electron chi connectivity index (χ0n) is 18.7. The van der Waals surface area contributed by atoms with Crippen molar-refractivity contribution in [2.75, 3.05) is 6.61 Å². The van der Waals surface area contributed by atoms with Gasteiger partial charge >= 0.3 is 5.97 Å². The summed E-state index contributed by atoms with van der Waals surface area (Å²) in [6.45, 7) is 15.9. The molecule has 0 heterocycles. The number of ether oxygens (including phenoxy) is 1. The second-order valence-corrected chi connectivity index (χ2v) is 11.0. The highest BCUT2D eigenvalue weighted by Gasteiger charge is 2.43. The monoisotopic (exact) mass is 372 g/mol. The molecule has 0 saturated heterocycles. The molecule has 0 N–H and O–H groups in total. The smallest absolute Gasteiger partial charge is 0.311 e. The first-order valence-corrected chi connectivity index (χ1v) is 11.1. The van der Waals surface area contributed by atoms with Gasteiger partial charge in [0.05, 0.1) is 12.0 Å². The maximum Gasteiger partial charge on any atom is 0.311 e. The molecule has 0 bridgehead atoms. The minimum Gasteiger partial charge on any atom is -0.465 e. The van der Waals surface area contributed by atoms with Crippen LogP contribution < -0.4 is 0 Å². The van der Waals surface area contributed by atoms with Crippen molar-refractivity contribution >= 4 is 5.97 Å². The zero-order chi connectivity index (χ0) is 20.0. The van der Waals surface area contributed by atoms with Crippen molar-refractivity contribution in [1.29, 1.82) is 0 Å². The fourth-order valence-electron chi connectivity index (χ4n) is 5.75. The molecule has 27 heavy (non-hydrogen) atoms. The van der Waals surface area contributed by atoms with Crippen molar-refractivity contribution < 1.29 is 9.53 Å². The molecule has 0 aromatic rings. The van der Waals surface area contributed by atoms with Gasteiger partial charge < -0.3 is 4.74 Å². The van der Waals surface area contributed by atoms with Gasteiger partial charge in [-0.1, -0.05) is 43.1 Å². The Morgan fingerprint density at radius 3 is 2.59 bits per heavy atom. The molecule has 0 spiro atoms. The van der Waals surface area contributed by atoms with Crippen LogP contribution in [0.1, 0.15) is 93.4 Å². The van der Waals surface area contributed by atoms with Gasteiger partial charge in [-0.05, 0) is 89.9 Å². The number of hydrogen-bond acceptors (Lipinski definition) is 2. The van der Waals surface area contributed by atoms with Crippen LogP contribution in [0.4, 0.5) is 0 Å². The van der Waals surface area contributed by atoms with Gasteiger partial charge in [-0.2, -0.15) is 0 Å². The fraction of sp³-hybridized carbons (Fsp3) is 0.800. The predicted octanol–water partition coefficient (Wildman–Crippen LogP) is 6.86. The molecule has 0 aromatic carbocycles. The largest absolute Gasteiger partial charge is 0.465 e. The van der Waals surface area contributed by atoms with Gasteiger partial charge in [0.15, 0.2) is 0 Å². The van der Waals surface area contributed by atoms with E-state index in [1.54, 1.807) is 22.3 Å².